The number of benzene rings is 1. The van der Waals surface area contributed by atoms with Crippen LogP contribution in [0.1, 0.15) is 55.6 Å². The van der Waals surface area contributed by atoms with E-state index in [0.717, 1.165) is 35.7 Å². The maximum atomic E-state index is 12.7. The van der Waals surface area contributed by atoms with Crippen LogP contribution >= 0.6 is 0 Å². The van der Waals surface area contributed by atoms with Gasteiger partial charge in [-0.1, -0.05) is 37.3 Å². The molecule has 0 radical (unpaired) electrons. The molecule has 2 aromatic rings. The van der Waals surface area contributed by atoms with E-state index in [0.29, 0.717) is 5.56 Å². The van der Waals surface area contributed by atoms with Gasteiger partial charge in [-0.3, -0.25) is 9.59 Å². The third-order valence-electron chi connectivity index (χ3n) is 5.50. The van der Waals surface area contributed by atoms with Crippen LogP contribution in [0.15, 0.2) is 36.4 Å². The predicted molar refractivity (Wildman–Crippen MR) is 104 cm³/mol. The fourth-order valence-electron chi connectivity index (χ4n) is 3.87. The minimum Gasteiger partial charge on any atom is -0.352 e. The molecule has 4 heteroatoms. The highest BCUT2D eigenvalue weighted by molar-refractivity contribution is 5.97. The van der Waals surface area contributed by atoms with Gasteiger partial charge in [-0.15, -0.1) is 0 Å². The Kier molecular flexibility index (Phi) is 5.60. The summed E-state index contributed by atoms with van der Waals surface area (Å²) >= 11 is 0. The number of aromatic nitrogens is 1. The maximum absolute atomic E-state index is 12.7. The molecule has 0 bridgehead atoms. The number of carbonyl (C=O) groups excluding carboxylic acids is 2. The highest BCUT2D eigenvalue weighted by Gasteiger charge is 2.22. The topological polar surface area (TPSA) is 51.1 Å². The molecule has 1 aliphatic rings. The molecule has 1 fully saturated rings. The van der Waals surface area contributed by atoms with Crippen molar-refractivity contribution in [3.63, 3.8) is 0 Å². The molecule has 0 saturated heterocycles. The van der Waals surface area contributed by atoms with Crippen LogP contribution in [0, 0.1) is 12.8 Å². The molecule has 0 spiro atoms. The van der Waals surface area contributed by atoms with Crippen LogP contribution in [0.3, 0.4) is 0 Å². The van der Waals surface area contributed by atoms with E-state index < -0.39 is 0 Å². The number of ketones is 1. The van der Waals surface area contributed by atoms with Crippen molar-refractivity contribution in [1.29, 1.82) is 0 Å². The Morgan fingerprint density at radius 1 is 1.12 bits per heavy atom. The lowest BCUT2D eigenvalue weighted by Crippen LogP contribution is -2.39. The van der Waals surface area contributed by atoms with E-state index in [-0.39, 0.29) is 24.3 Å². The van der Waals surface area contributed by atoms with Crippen molar-refractivity contribution in [3.8, 4) is 11.3 Å². The van der Waals surface area contributed by atoms with Crippen molar-refractivity contribution >= 4 is 11.7 Å². The average Bonchev–Trinajstić information content (AvgIpc) is 2.95. The molecule has 1 N–H and O–H groups in total. The van der Waals surface area contributed by atoms with Crippen molar-refractivity contribution < 1.29 is 9.59 Å². The molecule has 3 rings (SSSR count). The zero-order valence-electron chi connectivity index (χ0n) is 15.9. The Balaban J connectivity index is 1.82. The summed E-state index contributed by atoms with van der Waals surface area (Å²) in [5.74, 6) is 0.813. The first-order valence-electron chi connectivity index (χ1n) is 9.51. The van der Waals surface area contributed by atoms with Crippen molar-refractivity contribution in [1.82, 2.24) is 9.88 Å². The summed E-state index contributed by atoms with van der Waals surface area (Å²) in [6.45, 7) is 6.01. The monoisotopic (exact) mass is 352 g/mol. The van der Waals surface area contributed by atoms with Crippen LogP contribution in [0.4, 0.5) is 0 Å². The minimum absolute atomic E-state index is 0.0236. The van der Waals surface area contributed by atoms with Crippen LogP contribution in [0.2, 0.25) is 0 Å². The Morgan fingerprint density at radius 3 is 2.38 bits per heavy atom. The van der Waals surface area contributed by atoms with Crippen LogP contribution in [0.5, 0.6) is 0 Å². The fourth-order valence-corrected chi connectivity index (χ4v) is 3.87. The first-order chi connectivity index (χ1) is 12.5. The highest BCUT2D eigenvalue weighted by atomic mass is 16.2. The standard InChI is InChI=1S/C22H28N2O2/c1-15-9-11-19(12-10-15)23-22(26)14-24-16(2)20(17(3)25)13-21(24)18-7-5-4-6-8-18/h4-8,13,15,19H,9-12,14H2,1-3H3,(H,23,26). The Bertz CT molecular complexity index is 784. The average molecular weight is 352 g/mol. The molecule has 1 amide bonds. The number of Topliss-reactive ketones (excluding diaryl/α,β-unsaturated/α-hetero) is 1. The van der Waals surface area contributed by atoms with Gasteiger partial charge in [0.25, 0.3) is 0 Å². The Labute approximate surface area is 155 Å². The lowest BCUT2D eigenvalue weighted by molar-refractivity contribution is -0.122. The van der Waals surface area contributed by atoms with Crippen LogP contribution in [0.25, 0.3) is 11.3 Å². The molecule has 138 valence electrons. The van der Waals surface area contributed by atoms with Crippen molar-refractivity contribution in [2.24, 2.45) is 5.92 Å². The number of carbonyl (C=O) groups is 2. The lowest BCUT2D eigenvalue weighted by atomic mass is 9.87. The molecule has 0 unspecified atom stereocenters. The molecule has 1 heterocycles. The highest BCUT2D eigenvalue weighted by Crippen LogP contribution is 2.27. The number of hydrogen-bond acceptors (Lipinski definition) is 2. The molecule has 26 heavy (non-hydrogen) atoms. The van der Waals surface area contributed by atoms with Gasteiger partial charge >= 0.3 is 0 Å². The molecule has 4 nitrogen and oxygen atoms in total. The van der Waals surface area contributed by atoms with E-state index in [1.807, 2.05) is 47.9 Å². The first-order valence-corrected chi connectivity index (χ1v) is 9.51. The zero-order chi connectivity index (χ0) is 18.7. The molecule has 0 aliphatic heterocycles. The van der Waals surface area contributed by atoms with E-state index in [9.17, 15) is 9.59 Å². The van der Waals surface area contributed by atoms with E-state index in [2.05, 4.69) is 12.2 Å². The number of amides is 1. The summed E-state index contributed by atoms with van der Waals surface area (Å²) in [5.41, 5.74) is 3.47. The van der Waals surface area contributed by atoms with Gasteiger partial charge in [-0.25, -0.2) is 0 Å². The Hall–Kier alpha value is -2.36. The number of hydrogen-bond donors (Lipinski definition) is 1. The smallest absolute Gasteiger partial charge is 0.240 e. The molecular weight excluding hydrogens is 324 g/mol. The molecule has 1 aromatic carbocycles. The van der Waals surface area contributed by atoms with E-state index in [1.165, 1.54) is 12.8 Å². The fraction of sp³-hybridized carbons (Fsp3) is 0.455. The second kappa shape index (κ2) is 7.90. The number of nitrogens with zero attached hydrogens (tertiary/aromatic N) is 1. The summed E-state index contributed by atoms with van der Waals surface area (Å²) in [7, 11) is 0. The van der Waals surface area contributed by atoms with Gasteiger partial charge in [0, 0.05) is 23.0 Å². The van der Waals surface area contributed by atoms with Gasteiger partial charge in [-0.2, -0.15) is 0 Å². The minimum atomic E-state index is 0.0236. The van der Waals surface area contributed by atoms with E-state index in [1.54, 1.807) is 6.92 Å². The predicted octanol–water partition coefficient (Wildman–Crippen LogP) is 4.36. The first kappa shape index (κ1) is 18.4. The van der Waals surface area contributed by atoms with Crippen LogP contribution < -0.4 is 5.32 Å². The summed E-state index contributed by atoms with van der Waals surface area (Å²) < 4.78 is 1.97. The van der Waals surface area contributed by atoms with Crippen LogP contribution in [-0.4, -0.2) is 22.3 Å². The summed E-state index contributed by atoms with van der Waals surface area (Å²) in [5, 5.41) is 3.19. The van der Waals surface area contributed by atoms with Crippen molar-refractivity contribution in [2.75, 3.05) is 0 Å². The van der Waals surface area contributed by atoms with Crippen molar-refractivity contribution in [2.45, 2.75) is 59.0 Å². The maximum Gasteiger partial charge on any atom is 0.240 e. The van der Waals surface area contributed by atoms with Gasteiger partial charge in [0.15, 0.2) is 5.78 Å². The molecule has 1 saturated carbocycles. The van der Waals surface area contributed by atoms with Gasteiger partial charge in [0.05, 0.1) is 0 Å². The van der Waals surface area contributed by atoms with Crippen LogP contribution in [-0.2, 0) is 11.3 Å². The third-order valence-corrected chi connectivity index (χ3v) is 5.50. The quantitative estimate of drug-likeness (QED) is 0.813. The van der Waals surface area contributed by atoms with Gasteiger partial charge < -0.3 is 9.88 Å². The molecule has 1 aromatic heterocycles. The van der Waals surface area contributed by atoms with Crippen molar-refractivity contribution in [3.05, 3.63) is 47.7 Å². The largest absolute Gasteiger partial charge is 0.352 e. The molecule has 1 aliphatic carbocycles. The lowest BCUT2D eigenvalue weighted by Gasteiger charge is -2.27. The van der Waals surface area contributed by atoms with Gasteiger partial charge in [0.1, 0.15) is 6.54 Å². The second-order valence-corrected chi connectivity index (χ2v) is 7.56. The number of nitrogens with one attached hydrogen (secondary N) is 1. The Morgan fingerprint density at radius 2 is 1.77 bits per heavy atom. The zero-order valence-corrected chi connectivity index (χ0v) is 15.9. The molecule has 0 atom stereocenters. The van der Waals surface area contributed by atoms with E-state index >= 15 is 0 Å². The number of rotatable bonds is 5. The van der Waals surface area contributed by atoms with E-state index in [4.69, 9.17) is 0 Å². The molecular formula is C22H28N2O2. The summed E-state index contributed by atoms with van der Waals surface area (Å²) in [4.78, 5) is 24.6. The van der Waals surface area contributed by atoms with Gasteiger partial charge in [-0.05, 0) is 57.1 Å². The summed E-state index contributed by atoms with van der Waals surface area (Å²) in [6, 6.07) is 12.1. The third kappa shape index (κ3) is 4.06. The normalized spacial score (nSPS) is 20.0. The summed E-state index contributed by atoms with van der Waals surface area (Å²) in [6.07, 6.45) is 4.47. The van der Waals surface area contributed by atoms with Gasteiger partial charge in [0.2, 0.25) is 5.91 Å². The second-order valence-electron chi connectivity index (χ2n) is 7.56. The SMILES string of the molecule is CC(=O)c1cc(-c2ccccc2)n(CC(=O)NC2CCC(C)CC2)c1C.